The summed E-state index contributed by atoms with van der Waals surface area (Å²) in [5, 5.41) is 12.1. The van der Waals surface area contributed by atoms with Gasteiger partial charge in [-0.05, 0) is 12.1 Å². The summed E-state index contributed by atoms with van der Waals surface area (Å²) in [6, 6.07) is 4.95. The monoisotopic (exact) mass is 302 g/mol. The molecule has 0 bridgehead atoms. The number of carboxylic acid groups (broad SMARTS) is 1. The Morgan fingerprint density at radius 3 is 2.42 bits per heavy atom. The summed E-state index contributed by atoms with van der Waals surface area (Å²) in [6.45, 7) is 0.906. The molecule has 1 aliphatic rings. The fraction of sp³-hybridized carbons (Fsp3) is 0.333. The number of benzene rings is 1. The van der Waals surface area contributed by atoms with E-state index in [1.165, 1.54) is 0 Å². The molecule has 19 heavy (non-hydrogen) atoms. The predicted molar refractivity (Wildman–Crippen MR) is 72.7 cm³/mol. The van der Waals surface area contributed by atoms with E-state index in [4.69, 9.17) is 28.3 Å². The molecule has 1 aliphatic heterocycles. The number of hydrogen-bond donors (Lipinski definition) is 2. The SMILES string of the molecule is O=C(CN1CC(C(=O)O)C1)Nc1c(Cl)cccc1Cl. The predicted octanol–water partition coefficient (Wildman–Crippen LogP) is 1.95. The van der Waals surface area contributed by atoms with Crippen LogP contribution >= 0.6 is 23.2 Å². The van der Waals surface area contributed by atoms with Crippen molar-refractivity contribution in [3.63, 3.8) is 0 Å². The van der Waals surface area contributed by atoms with Crippen LogP contribution < -0.4 is 5.32 Å². The quantitative estimate of drug-likeness (QED) is 0.892. The Balaban J connectivity index is 1.87. The smallest absolute Gasteiger partial charge is 0.309 e. The zero-order valence-corrected chi connectivity index (χ0v) is 11.4. The van der Waals surface area contributed by atoms with Crippen LogP contribution in [0.4, 0.5) is 5.69 Å². The van der Waals surface area contributed by atoms with Crippen LogP contribution in [0.5, 0.6) is 0 Å². The molecule has 2 rings (SSSR count). The summed E-state index contributed by atoms with van der Waals surface area (Å²) < 4.78 is 0. The average molecular weight is 303 g/mol. The van der Waals surface area contributed by atoms with Gasteiger partial charge in [0, 0.05) is 13.1 Å². The number of likely N-dealkylation sites (tertiary alicyclic amines) is 1. The van der Waals surface area contributed by atoms with Gasteiger partial charge in [0.1, 0.15) is 0 Å². The van der Waals surface area contributed by atoms with Gasteiger partial charge in [-0.1, -0.05) is 29.3 Å². The molecule has 1 heterocycles. The Hall–Kier alpha value is -1.30. The van der Waals surface area contributed by atoms with E-state index >= 15 is 0 Å². The van der Waals surface area contributed by atoms with Crippen molar-refractivity contribution in [2.45, 2.75) is 0 Å². The molecule has 2 N–H and O–H groups in total. The van der Waals surface area contributed by atoms with E-state index in [-0.39, 0.29) is 18.4 Å². The standard InChI is InChI=1S/C12H12Cl2N2O3/c13-8-2-1-3-9(14)11(8)15-10(17)6-16-4-7(5-16)12(18)19/h1-3,7H,4-6H2,(H,15,17)(H,18,19). The summed E-state index contributed by atoms with van der Waals surface area (Å²) in [5.41, 5.74) is 0.381. The molecule has 5 nitrogen and oxygen atoms in total. The number of anilines is 1. The van der Waals surface area contributed by atoms with Crippen molar-refractivity contribution in [3.8, 4) is 0 Å². The topological polar surface area (TPSA) is 69.6 Å². The van der Waals surface area contributed by atoms with Crippen LogP contribution in [-0.4, -0.2) is 41.5 Å². The number of nitrogens with zero attached hydrogens (tertiary/aromatic N) is 1. The molecule has 1 saturated heterocycles. The minimum Gasteiger partial charge on any atom is -0.481 e. The Labute approximate surface area is 120 Å². The number of carbonyl (C=O) groups excluding carboxylic acids is 1. The molecule has 1 fully saturated rings. The van der Waals surface area contributed by atoms with Gasteiger partial charge in [0.25, 0.3) is 0 Å². The molecule has 0 aromatic heterocycles. The summed E-state index contributed by atoms with van der Waals surface area (Å²) in [6.07, 6.45) is 0. The third-order valence-corrected chi connectivity index (χ3v) is 3.53. The van der Waals surface area contributed by atoms with Crippen LogP contribution in [0.1, 0.15) is 0 Å². The maximum atomic E-state index is 11.8. The number of nitrogens with one attached hydrogen (secondary N) is 1. The van der Waals surface area contributed by atoms with E-state index in [0.717, 1.165) is 0 Å². The van der Waals surface area contributed by atoms with Gasteiger partial charge in [0.15, 0.2) is 0 Å². The highest BCUT2D eigenvalue weighted by molar-refractivity contribution is 6.39. The zero-order chi connectivity index (χ0) is 14.0. The van der Waals surface area contributed by atoms with Gasteiger partial charge >= 0.3 is 5.97 Å². The third kappa shape index (κ3) is 3.37. The fourth-order valence-electron chi connectivity index (χ4n) is 1.85. The summed E-state index contributed by atoms with van der Waals surface area (Å²) in [5.74, 6) is -1.47. The Morgan fingerprint density at radius 1 is 1.32 bits per heavy atom. The minimum atomic E-state index is -0.828. The number of rotatable bonds is 4. The lowest BCUT2D eigenvalue weighted by molar-refractivity contribution is -0.148. The lowest BCUT2D eigenvalue weighted by Crippen LogP contribution is -2.52. The highest BCUT2D eigenvalue weighted by Gasteiger charge is 2.33. The van der Waals surface area contributed by atoms with Gasteiger partial charge < -0.3 is 10.4 Å². The van der Waals surface area contributed by atoms with Crippen molar-refractivity contribution in [2.75, 3.05) is 25.0 Å². The number of para-hydroxylation sites is 1. The van der Waals surface area contributed by atoms with E-state index in [1.807, 2.05) is 0 Å². The second kappa shape index (κ2) is 5.77. The van der Waals surface area contributed by atoms with Crippen molar-refractivity contribution >= 4 is 40.8 Å². The van der Waals surface area contributed by atoms with Gasteiger partial charge in [-0.15, -0.1) is 0 Å². The van der Waals surface area contributed by atoms with Crippen molar-refractivity contribution in [2.24, 2.45) is 5.92 Å². The molecule has 1 amide bonds. The molecule has 102 valence electrons. The van der Waals surface area contributed by atoms with E-state index < -0.39 is 5.97 Å². The molecular formula is C12H12Cl2N2O3. The number of hydrogen-bond acceptors (Lipinski definition) is 3. The second-order valence-electron chi connectivity index (χ2n) is 4.37. The Bertz CT molecular complexity index is 495. The van der Waals surface area contributed by atoms with Gasteiger partial charge in [0.2, 0.25) is 5.91 Å². The first-order chi connectivity index (χ1) is 8.97. The van der Waals surface area contributed by atoms with E-state index in [9.17, 15) is 9.59 Å². The molecule has 1 aromatic carbocycles. The van der Waals surface area contributed by atoms with Crippen LogP contribution in [0, 0.1) is 5.92 Å². The molecule has 0 aliphatic carbocycles. The van der Waals surface area contributed by atoms with Crippen LogP contribution in [0.2, 0.25) is 10.0 Å². The lowest BCUT2D eigenvalue weighted by Gasteiger charge is -2.35. The summed E-state index contributed by atoms with van der Waals surface area (Å²) in [4.78, 5) is 24.2. The third-order valence-electron chi connectivity index (χ3n) is 2.90. The largest absolute Gasteiger partial charge is 0.481 e. The maximum Gasteiger partial charge on any atom is 0.309 e. The van der Waals surface area contributed by atoms with Crippen molar-refractivity contribution in [1.82, 2.24) is 4.90 Å². The summed E-state index contributed by atoms with van der Waals surface area (Å²) >= 11 is 11.9. The summed E-state index contributed by atoms with van der Waals surface area (Å²) in [7, 11) is 0. The van der Waals surface area contributed by atoms with Crippen LogP contribution in [-0.2, 0) is 9.59 Å². The molecule has 7 heteroatoms. The Morgan fingerprint density at radius 2 is 1.89 bits per heavy atom. The first-order valence-electron chi connectivity index (χ1n) is 5.66. The number of carboxylic acids is 1. The van der Waals surface area contributed by atoms with E-state index in [0.29, 0.717) is 28.8 Å². The molecule has 0 saturated carbocycles. The normalized spacial score (nSPS) is 15.9. The van der Waals surface area contributed by atoms with Crippen molar-refractivity contribution < 1.29 is 14.7 Å². The molecule has 0 unspecified atom stereocenters. The lowest BCUT2D eigenvalue weighted by atomic mass is 10.0. The molecule has 0 spiro atoms. The molecular weight excluding hydrogens is 291 g/mol. The zero-order valence-electron chi connectivity index (χ0n) is 9.90. The average Bonchev–Trinajstić information content (AvgIpc) is 2.27. The highest BCUT2D eigenvalue weighted by atomic mass is 35.5. The molecule has 1 aromatic rings. The molecule has 0 radical (unpaired) electrons. The van der Waals surface area contributed by atoms with Crippen LogP contribution in [0.15, 0.2) is 18.2 Å². The van der Waals surface area contributed by atoms with Gasteiger partial charge in [-0.3, -0.25) is 14.5 Å². The molecule has 0 atom stereocenters. The first-order valence-corrected chi connectivity index (χ1v) is 6.42. The second-order valence-corrected chi connectivity index (χ2v) is 5.19. The maximum absolute atomic E-state index is 11.8. The number of amides is 1. The Kier molecular flexibility index (Phi) is 4.29. The number of carbonyl (C=O) groups is 2. The van der Waals surface area contributed by atoms with Crippen molar-refractivity contribution in [1.29, 1.82) is 0 Å². The highest BCUT2D eigenvalue weighted by Crippen LogP contribution is 2.29. The number of aliphatic carboxylic acids is 1. The number of halogens is 2. The first kappa shape index (κ1) is 14.1. The van der Waals surface area contributed by atoms with Gasteiger partial charge in [-0.25, -0.2) is 0 Å². The van der Waals surface area contributed by atoms with Gasteiger partial charge in [0.05, 0.1) is 28.2 Å². The van der Waals surface area contributed by atoms with Crippen molar-refractivity contribution in [3.05, 3.63) is 28.2 Å². The van der Waals surface area contributed by atoms with Crippen LogP contribution in [0.25, 0.3) is 0 Å². The fourth-order valence-corrected chi connectivity index (χ4v) is 2.35. The van der Waals surface area contributed by atoms with Crippen LogP contribution in [0.3, 0.4) is 0 Å². The van der Waals surface area contributed by atoms with E-state index in [2.05, 4.69) is 5.32 Å². The van der Waals surface area contributed by atoms with E-state index in [1.54, 1.807) is 23.1 Å². The van der Waals surface area contributed by atoms with Gasteiger partial charge in [-0.2, -0.15) is 0 Å². The minimum absolute atomic E-state index is 0.130.